The van der Waals surface area contributed by atoms with Crippen molar-refractivity contribution in [1.29, 1.82) is 0 Å². The summed E-state index contributed by atoms with van der Waals surface area (Å²) in [5.41, 5.74) is 0. The SMILES string of the molecule is C=C/C=C/C#CCOCC=C. The molecular weight excluding hydrogens is 136 g/mol. The zero-order valence-corrected chi connectivity index (χ0v) is 6.55. The molecule has 0 rings (SSSR count). The zero-order chi connectivity index (χ0) is 8.36. The Morgan fingerprint density at radius 3 is 2.82 bits per heavy atom. The lowest BCUT2D eigenvalue weighted by molar-refractivity contribution is 0.199. The molecule has 0 aliphatic carbocycles. The molecule has 0 fully saturated rings. The predicted molar refractivity (Wildman–Crippen MR) is 48.1 cm³/mol. The molecule has 0 bridgehead atoms. The number of rotatable bonds is 4. The van der Waals surface area contributed by atoms with E-state index in [9.17, 15) is 0 Å². The maximum absolute atomic E-state index is 5.01. The van der Waals surface area contributed by atoms with Gasteiger partial charge in [0.1, 0.15) is 6.61 Å². The largest absolute Gasteiger partial charge is 0.365 e. The monoisotopic (exact) mass is 148 g/mol. The average molecular weight is 148 g/mol. The number of ether oxygens (including phenoxy) is 1. The van der Waals surface area contributed by atoms with Crippen molar-refractivity contribution in [1.82, 2.24) is 0 Å². The molecule has 0 atom stereocenters. The zero-order valence-electron chi connectivity index (χ0n) is 6.55. The number of allylic oxidation sites excluding steroid dienone is 3. The van der Waals surface area contributed by atoms with Crippen LogP contribution in [-0.4, -0.2) is 13.2 Å². The van der Waals surface area contributed by atoms with E-state index < -0.39 is 0 Å². The molecule has 0 N–H and O–H groups in total. The van der Waals surface area contributed by atoms with E-state index in [0.29, 0.717) is 13.2 Å². The van der Waals surface area contributed by atoms with E-state index in [2.05, 4.69) is 25.0 Å². The summed E-state index contributed by atoms with van der Waals surface area (Å²) >= 11 is 0. The van der Waals surface area contributed by atoms with Gasteiger partial charge in [-0.1, -0.05) is 36.6 Å². The Balaban J connectivity index is 3.32. The minimum atomic E-state index is 0.452. The van der Waals surface area contributed by atoms with E-state index in [4.69, 9.17) is 4.74 Å². The highest BCUT2D eigenvalue weighted by molar-refractivity contribution is 5.18. The fourth-order valence-corrected chi connectivity index (χ4v) is 0.410. The third kappa shape index (κ3) is 8.74. The van der Waals surface area contributed by atoms with E-state index in [1.165, 1.54) is 0 Å². The number of hydrogen-bond acceptors (Lipinski definition) is 1. The molecule has 1 heteroatoms. The van der Waals surface area contributed by atoms with Crippen LogP contribution in [0.1, 0.15) is 0 Å². The molecule has 0 saturated heterocycles. The van der Waals surface area contributed by atoms with Crippen molar-refractivity contribution in [3.8, 4) is 11.8 Å². The van der Waals surface area contributed by atoms with Gasteiger partial charge in [0, 0.05) is 0 Å². The Labute approximate surface area is 68.1 Å². The van der Waals surface area contributed by atoms with E-state index in [1.54, 1.807) is 24.3 Å². The molecule has 0 amide bonds. The minimum absolute atomic E-state index is 0.452. The molecule has 11 heavy (non-hydrogen) atoms. The summed E-state index contributed by atoms with van der Waals surface area (Å²) < 4.78 is 5.01. The molecule has 0 aromatic heterocycles. The Kier molecular flexibility index (Phi) is 7.74. The molecule has 0 aromatic rings. The molecule has 0 spiro atoms. The third-order valence-corrected chi connectivity index (χ3v) is 0.828. The second kappa shape index (κ2) is 8.74. The molecule has 1 nitrogen and oxygen atoms in total. The lowest BCUT2D eigenvalue weighted by Crippen LogP contribution is -1.89. The summed E-state index contributed by atoms with van der Waals surface area (Å²) in [5.74, 6) is 5.58. The van der Waals surface area contributed by atoms with Gasteiger partial charge in [-0.3, -0.25) is 0 Å². The summed E-state index contributed by atoms with van der Waals surface area (Å²) in [7, 11) is 0. The molecular formula is C10H12O. The van der Waals surface area contributed by atoms with Crippen LogP contribution in [0.3, 0.4) is 0 Å². The topological polar surface area (TPSA) is 9.23 Å². The van der Waals surface area contributed by atoms with Gasteiger partial charge in [0.25, 0.3) is 0 Å². The van der Waals surface area contributed by atoms with Crippen LogP contribution in [0.4, 0.5) is 0 Å². The fraction of sp³-hybridized carbons (Fsp3) is 0.200. The van der Waals surface area contributed by atoms with Crippen molar-refractivity contribution in [2.24, 2.45) is 0 Å². The molecule has 0 aromatic carbocycles. The Morgan fingerprint density at radius 2 is 2.18 bits per heavy atom. The molecule has 58 valence electrons. The molecule has 0 heterocycles. The molecule has 0 unspecified atom stereocenters. The Bertz CT molecular complexity index is 191. The van der Waals surface area contributed by atoms with E-state index >= 15 is 0 Å². The average Bonchev–Trinajstić information content (AvgIpc) is 2.03. The highest BCUT2D eigenvalue weighted by Gasteiger charge is 1.72. The highest BCUT2D eigenvalue weighted by Crippen LogP contribution is 1.73. The number of hydrogen-bond donors (Lipinski definition) is 0. The fourth-order valence-electron chi connectivity index (χ4n) is 0.410. The Hall–Kier alpha value is -1.26. The van der Waals surface area contributed by atoms with Crippen LogP contribution in [0.25, 0.3) is 0 Å². The predicted octanol–water partition coefficient (Wildman–Crippen LogP) is 1.93. The summed E-state index contributed by atoms with van der Waals surface area (Å²) in [4.78, 5) is 0. The maximum atomic E-state index is 5.01. The summed E-state index contributed by atoms with van der Waals surface area (Å²) in [6, 6.07) is 0. The van der Waals surface area contributed by atoms with Crippen molar-refractivity contribution in [2.75, 3.05) is 13.2 Å². The summed E-state index contributed by atoms with van der Waals surface area (Å²) in [6.45, 7) is 8.02. The first-order valence-corrected chi connectivity index (χ1v) is 3.36. The van der Waals surface area contributed by atoms with Gasteiger partial charge in [-0.05, 0) is 6.08 Å². The lowest BCUT2D eigenvalue weighted by atomic mass is 10.5. The van der Waals surface area contributed by atoms with Gasteiger partial charge in [0.15, 0.2) is 0 Å². The van der Waals surface area contributed by atoms with Crippen molar-refractivity contribution in [2.45, 2.75) is 0 Å². The molecule has 0 aliphatic rings. The summed E-state index contributed by atoms with van der Waals surface area (Å²) in [5, 5.41) is 0. The van der Waals surface area contributed by atoms with Crippen LogP contribution in [-0.2, 0) is 4.74 Å². The van der Waals surface area contributed by atoms with E-state index in [1.807, 2.05) is 0 Å². The van der Waals surface area contributed by atoms with Crippen molar-refractivity contribution in [3.63, 3.8) is 0 Å². The molecule has 0 saturated carbocycles. The van der Waals surface area contributed by atoms with Crippen LogP contribution in [0, 0.1) is 11.8 Å². The van der Waals surface area contributed by atoms with Gasteiger partial charge in [0.2, 0.25) is 0 Å². The van der Waals surface area contributed by atoms with Gasteiger partial charge in [-0.25, -0.2) is 0 Å². The first-order valence-electron chi connectivity index (χ1n) is 3.36. The standard InChI is InChI=1S/C10H12O/c1-3-5-6-7-8-10-11-9-4-2/h3-6H,1-2,9-10H2/b6-5+. The third-order valence-electron chi connectivity index (χ3n) is 0.828. The second-order valence-corrected chi connectivity index (χ2v) is 1.72. The van der Waals surface area contributed by atoms with Gasteiger partial charge < -0.3 is 4.74 Å². The van der Waals surface area contributed by atoms with Crippen molar-refractivity contribution < 1.29 is 4.74 Å². The normalized spacial score (nSPS) is 8.73. The molecule has 0 radical (unpaired) electrons. The first-order chi connectivity index (χ1) is 5.41. The quantitative estimate of drug-likeness (QED) is 0.256. The van der Waals surface area contributed by atoms with Crippen LogP contribution >= 0.6 is 0 Å². The smallest absolute Gasteiger partial charge is 0.108 e. The lowest BCUT2D eigenvalue weighted by Gasteiger charge is -1.88. The van der Waals surface area contributed by atoms with Crippen LogP contribution in [0.5, 0.6) is 0 Å². The summed E-state index contributed by atoms with van der Waals surface area (Å²) in [6.07, 6.45) is 6.88. The van der Waals surface area contributed by atoms with Gasteiger partial charge >= 0.3 is 0 Å². The van der Waals surface area contributed by atoms with Gasteiger partial charge in [0.05, 0.1) is 6.61 Å². The van der Waals surface area contributed by atoms with Crippen LogP contribution in [0.15, 0.2) is 37.5 Å². The molecule has 0 aliphatic heterocycles. The minimum Gasteiger partial charge on any atom is -0.365 e. The second-order valence-electron chi connectivity index (χ2n) is 1.72. The van der Waals surface area contributed by atoms with Gasteiger partial charge in [-0.15, -0.1) is 6.58 Å². The van der Waals surface area contributed by atoms with E-state index in [0.717, 1.165) is 0 Å². The van der Waals surface area contributed by atoms with Crippen molar-refractivity contribution in [3.05, 3.63) is 37.5 Å². The Morgan fingerprint density at radius 1 is 1.36 bits per heavy atom. The maximum Gasteiger partial charge on any atom is 0.108 e. The highest BCUT2D eigenvalue weighted by atomic mass is 16.5. The van der Waals surface area contributed by atoms with E-state index in [-0.39, 0.29) is 0 Å². The van der Waals surface area contributed by atoms with Crippen molar-refractivity contribution >= 4 is 0 Å². The van der Waals surface area contributed by atoms with Crippen LogP contribution < -0.4 is 0 Å². The first kappa shape index (κ1) is 9.74. The van der Waals surface area contributed by atoms with Gasteiger partial charge in [-0.2, -0.15) is 0 Å². The van der Waals surface area contributed by atoms with Crippen LogP contribution in [0.2, 0.25) is 0 Å².